The average Bonchev–Trinajstić information content (AvgIpc) is 3.53. The van der Waals surface area contributed by atoms with E-state index in [0.717, 1.165) is 22.5 Å². The zero-order chi connectivity index (χ0) is 27.9. The first-order valence-corrected chi connectivity index (χ1v) is 13.4. The number of fused-ring (bicyclic) bond motifs is 1. The van der Waals surface area contributed by atoms with Crippen molar-refractivity contribution < 1.29 is 32.3 Å². The van der Waals surface area contributed by atoms with Gasteiger partial charge in [0.1, 0.15) is 4.88 Å². The average molecular weight is 558 g/mol. The van der Waals surface area contributed by atoms with Crippen LogP contribution in [0.4, 0.5) is 18.9 Å². The SMILES string of the molecule is CC(C)N(C(=O)C1CCC(C(F)(F)F)CC1)c1cc(-c2ccc(-c3nc4ncccc4o3)cc2)sc1C(=O)O. The van der Waals surface area contributed by atoms with E-state index in [0.29, 0.717) is 22.0 Å². The second-order valence-electron chi connectivity index (χ2n) is 9.94. The fourth-order valence-electron chi connectivity index (χ4n) is 5.04. The first-order chi connectivity index (χ1) is 18.5. The van der Waals surface area contributed by atoms with E-state index in [9.17, 15) is 27.9 Å². The molecule has 0 unspecified atom stereocenters. The molecule has 0 saturated heterocycles. The van der Waals surface area contributed by atoms with Crippen LogP contribution in [-0.4, -0.2) is 39.2 Å². The number of carboxylic acid groups (broad SMARTS) is 1. The van der Waals surface area contributed by atoms with Crippen molar-refractivity contribution in [2.75, 3.05) is 4.90 Å². The molecule has 1 aliphatic carbocycles. The molecule has 0 radical (unpaired) electrons. The van der Waals surface area contributed by atoms with Gasteiger partial charge in [0.05, 0.1) is 11.6 Å². The number of rotatable bonds is 6. The van der Waals surface area contributed by atoms with E-state index in [1.54, 1.807) is 38.2 Å². The fraction of sp³-hybridized carbons (Fsp3) is 0.357. The summed E-state index contributed by atoms with van der Waals surface area (Å²) in [4.78, 5) is 36.4. The number of alkyl halides is 3. The van der Waals surface area contributed by atoms with Gasteiger partial charge in [-0.05, 0) is 75.4 Å². The number of pyridine rings is 1. The molecule has 1 N–H and O–H groups in total. The zero-order valence-electron chi connectivity index (χ0n) is 21.2. The van der Waals surface area contributed by atoms with Crippen LogP contribution < -0.4 is 4.90 Å². The monoisotopic (exact) mass is 557 g/mol. The largest absolute Gasteiger partial charge is 0.477 e. The molecule has 1 aliphatic rings. The molecule has 0 spiro atoms. The molecule has 0 atom stereocenters. The standard InChI is InChI=1S/C28H26F3N3O4S/c1-15(2)34(26(35)18-9-11-19(12-10-18)28(29,30)31)20-14-22(39-23(20)27(36)37)16-5-7-17(8-6-16)25-33-24-21(38-25)4-3-13-32-24/h3-8,13-15,18-19H,9-12H2,1-2H3,(H,36,37). The van der Waals surface area contributed by atoms with E-state index in [1.165, 1.54) is 4.90 Å². The minimum absolute atomic E-state index is 0.00475. The van der Waals surface area contributed by atoms with Gasteiger partial charge in [-0.25, -0.2) is 9.78 Å². The van der Waals surface area contributed by atoms with Gasteiger partial charge >= 0.3 is 12.1 Å². The molecule has 7 nitrogen and oxygen atoms in total. The van der Waals surface area contributed by atoms with Gasteiger partial charge in [-0.15, -0.1) is 11.3 Å². The van der Waals surface area contributed by atoms with Crippen molar-refractivity contribution in [2.45, 2.75) is 51.7 Å². The number of hydrogen-bond acceptors (Lipinski definition) is 6. The Morgan fingerprint density at radius 2 is 1.74 bits per heavy atom. The number of aromatic carboxylic acids is 1. The first kappa shape index (κ1) is 26.9. The molecule has 1 amide bonds. The highest BCUT2D eigenvalue weighted by Gasteiger charge is 2.43. The van der Waals surface area contributed by atoms with Crippen molar-refractivity contribution in [2.24, 2.45) is 11.8 Å². The normalized spacial score (nSPS) is 18.0. The fourth-order valence-corrected chi connectivity index (χ4v) is 6.03. The first-order valence-electron chi connectivity index (χ1n) is 12.6. The Hall–Kier alpha value is -3.73. The predicted molar refractivity (Wildman–Crippen MR) is 142 cm³/mol. The van der Waals surface area contributed by atoms with Gasteiger partial charge in [0.25, 0.3) is 0 Å². The van der Waals surface area contributed by atoms with E-state index in [2.05, 4.69) is 9.97 Å². The smallest absolute Gasteiger partial charge is 0.391 e. The number of carbonyl (C=O) groups excluding carboxylic acids is 1. The van der Waals surface area contributed by atoms with Gasteiger partial charge in [-0.1, -0.05) is 12.1 Å². The topological polar surface area (TPSA) is 96.5 Å². The molecule has 1 aromatic carbocycles. The van der Waals surface area contributed by atoms with Gasteiger partial charge in [0.2, 0.25) is 11.8 Å². The van der Waals surface area contributed by atoms with Crippen LogP contribution in [0.25, 0.3) is 33.1 Å². The summed E-state index contributed by atoms with van der Waals surface area (Å²) in [6.45, 7) is 3.54. The number of anilines is 1. The highest BCUT2D eigenvalue weighted by atomic mass is 32.1. The summed E-state index contributed by atoms with van der Waals surface area (Å²) >= 11 is 1.05. The minimum atomic E-state index is -4.27. The summed E-state index contributed by atoms with van der Waals surface area (Å²) in [6, 6.07) is 12.1. The quantitative estimate of drug-likeness (QED) is 0.265. The summed E-state index contributed by atoms with van der Waals surface area (Å²) in [5, 5.41) is 9.96. The minimum Gasteiger partial charge on any atom is -0.477 e. The molecule has 3 aromatic heterocycles. The number of amides is 1. The summed E-state index contributed by atoms with van der Waals surface area (Å²) in [6.07, 6.45) is -2.59. The lowest BCUT2D eigenvalue weighted by Crippen LogP contribution is -2.43. The van der Waals surface area contributed by atoms with Crippen LogP contribution in [0, 0.1) is 11.8 Å². The highest BCUT2D eigenvalue weighted by molar-refractivity contribution is 7.18. The molecule has 1 saturated carbocycles. The van der Waals surface area contributed by atoms with Gasteiger partial charge < -0.3 is 14.4 Å². The molecule has 11 heteroatoms. The highest BCUT2D eigenvalue weighted by Crippen LogP contribution is 2.43. The number of thiophene rings is 1. The van der Waals surface area contributed by atoms with E-state index in [-0.39, 0.29) is 48.2 Å². The van der Waals surface area contributed by atoms with Crippen LogP contribution in [0.1, 0.15) is 49.2 Å². The number of nitrogens with zero attached hydrogens (tertiary/aromatic N) is 3. The number of aromatic nitrogens is 2. The van der Waals surface area contributed by atoms with Gasteiger partial charge in [0.15, 0.2) is 11.2 Å². The molecule has 204 valence electrons. The van der Waals surface area contributed by atoms with Crippen molar-refractivity contribution in [1.29, 1.82) is 0 Å². The predicted octanol–water partition coefficient (Wildman–Crippen LogP) is 7.43. The number of oxazole rings is 1. The molecule has 5 rings (SSSR count). The lowest BCUT2D eigenvalue weighted by Gasteiger charge is -2.34. The Bertz CT molecular complexity index is 1470. The van der Waals surface area contributed by atoms with Crippen LogP contribution in [0.15, 0.2) is 53.1 Å². The number of carbonyl (C=O) groups is 2. The van der Waals surface area contributed by atoms with Crippen LogP contribution in [-0.2, 0) is 4.79 Å². The van der Waals surface area contributed by atoms with Crippen LogP contribution in [0.5, 0.6) is 0 Å². The van der Waals surface area contributed by atoms with Crippen molar-refractivity contribution >= 4 is 40.1 Å². The third kappa shape index (κ3) is 5.40. The Morgan fingerprint density at radius 1 is 1.08 bits per heavy atom. The summed E-state index contributed by atoms with van der Waals surface area (Å²) in [5.41, 5.74) is 2.79. The zero-order valence-corrected chi connectivity index (χ0v) is 22.1. The van der Waals surface area contributed by atoms with Crippen LogP contribution in [0.3, 0.4) is 0 Å². The van der Waals surface area contributed by atoms with Crippen LogP contribution >= 0.6 is 11.3 Å². The number of hydrogen-bond donors (Lipinski definition) is 1. The number of carboxylic acids is 1. The van der Waals surface area contributed by atoms with E-state index >= 15 is 0 Å². The maximum atomic E-state index is 13.5. The van der Waals surface area contributed by atoms with Gasteiger partial charge in [-0.3, -0.25) is 4.79 Å². The number of benzene rings is 1. The van der Waals surface area contributed by atoms with E-state index in [4.69, 9.17) is 4.42 Å². The van der Waals surface area contributed by atoms with Gasteiger partial charge in [0, 0.05) is 28.6 Å². The Morgan fingerprint density at radius 3 is 2.33 bits per heavy atom. The van der Waals surface area contributed by atoms with Crippen LogP contribution in [0.2, 0.25) is 0 Å². The lowest BCUT2D eigenvalue weighted by atomic mass is 9.81. The van der Waals surface area contributed by atoms with Gasteiger partial charge in [-0.2, -0.15) is 18.2 Å². The van der Waals surface area contributed by atoms with Crippen molar-refractivity contribution in [3.8, 4) is 21.9 Å². The Kier molecular flexibility index (Phi) is 7.19. The molecule has 39 heavy (non-hydrogen) atoms. The van der Waals surface area contributed by atoms with Crippen molar-refractivity contribution in [1.82, 2.24) is 9.97 Å². The summed E-state index contributed by atoms with van der Waals surface area (Å²) in [7, 11) is 0. The summed E-state index contributed by atoms with van der Waals surface area (Å²) in [5.74, 6) is -3.08. The number of halogens is 3. The molecule has 4 aromatic rings. The molecular formula is C28H26F3N3O4S. The maximum Gasteiger partial charge on any atom is 0.391 e. The lowest BCUT2D eigenvalue weighted by molar-refractivity contribution is -0.184. The van der Waals surface area contributed by atoms with E-state index < -0.39 is 24.0 Å². The third-order valence-corrected chi connectivity index (χ3v) is 8.20. The van der Waals surface area contributed by atoms with Crippen molar-refractivity contribution in [3.63, 3.8) is 0 Å². The second-order valence-corrected chi connectivity index (χ2v) is 11.0. The van der Waals surface area contributed by atoms with Crippen molar-refractivity contribution in [3.05, 3.63) is 53.5 Å². The van der Waals surface area contributed by atoms with E-state index in [1.807, 2.05) is 24.3 Å². The Labute approximate surface area is 226 Å². The molecule has 1 fully saturated rings. The Balaban J connectivity index is 1.42. The second kappa shape index (κ2) is 10.4. The third-order valence-electron chi connectivity index (χ3n) is 7.04. The maximum absolute atomic E-state index is 13.5. The summed E-state index contributed by atoms with van der Waals surface area (Å²) < 4.78 is 45.1. The molecular weight excluding hydrogens is 531 g/mol. The molecule has 0 bridgehead atoms. The molecule has 0 aliphatic heterocycles. The molecule has 3 heterocycles.